The Bertz CT molecular complexity index is 993. The molecule has 154 valence electrons. The van der Waals surface area contributed by atoms with Crippen LogP contribution in [0.25, 0.3) is 0 Å². The third-order valence-electron chi connectivity index (χ3n) is 5.38. The van der Waals surface area contributed by atoms with Crippen LogP contribution in [-0.4, -0.2) is 62.0 Å². The van der Waals surface area contributed by atoms with Gasteiger partial charge in [-0.1, -0.05) is 35.9 Å². The van der Waals surface area contributed by atoms with Crippen LogP contribution in [0.2, 0.25) is 0 Å². The fourth-order valence-electron chi connectivity index (χ4n) is 3.78. The number of anilines is 1. The molecule has 2 aliphatic rings. The van der Waals surface area contributed by atoms with E-state index >= 15 is 0 Å². The van der Waals surface area contributed by atoms with Crippen LogP contribution in [0.4, 0.5) is 10.5 Å². The Morgan fingerprint density at radius 1 is 0.966 bits per heavy atom. The lowest BCUT2D eigenvalue weighted by molar-refractivity contribution is -0.110. The van der Waals surface area contributed by atoms with Gasteiger partial charge in [0.05, 0.1) is 30.2 Å². The SMILES string of the molecule is Cc1ccc(S(=O)(=O)N2CC3CN(C(=O)Nc4ccccc4C)CC(C2)O3)cc1. The van der Waals surface area contributed by atoms with E-state index in [0.29, 0.717) is 13.1 Å². The molecule has 2 aromatic carbocycles. The molecule has 7 nitrogen and oxygen atoms in total. The van der Waals surface area contributed by atoms with E-state index in [4.69, 9.17) is 4.74 Å². The number of benzene rings is 2. The Hall–Kier alpha value is -2.42. The number of carbonyl (C=O) groups excluding carboxylic acids is 1. The molecule has 4 rings (SSSR count). The predicted molar refractivity (Wildman–Crippen MR) is 110 cm³/mol. The Morgan fingerprint density at radius 3 is 2.21 bits per heavy atom. The van der Waals surface area contributed by atoms with Crippen LogP contribution >= 0.6 is 0 Å². The maximum absolute atomic E-state index is 13.0. The van der Waals surface area contributed by atoms with E-state index in [1.165, 1.54) is 4.31 Å². The van der Waals surface area contributed by atoms with E-state index in [-0.39, 0.29) is 36.2 Å². The van der Waals surface area contributed by atoms with Crippen LogP contribution in [0.15, 0.2) is 53.4 Å². The van der Waals surface area contributed by atoms with Gasteiger partial charge in [-0.3, -0.25) is 0 Å². The predicted octanol–water partition coefficient (Wildman–Crippen LogP) is 2.61. The summed E-state index contributed by atoms with van der Waals surface area (Å²) in [7, 11) is -3.58. The second-order valence-electron chi connectivity index (χ2n) is 7.67. The molecule has 0 aromatic heterocycles. The van der Waals surface area contributed by atoms with E-state index < -0.39 is 10.0 Å². The van der Waals surface area contributed by atoms with Gasteiger partial charge in [-0.2, -0.15) is 4.31 Å². The van der Waals surface area contributed by atoms with E-state index in [9.17, 15) is 13.2 Å². The minimum atomic E-state index is -3.58. The van der Waals surface area contributed by atoms with Crippen LogP contribution in [-0.2, 0) is 14.8 Å². The molecule has 2 atom stereocenters. The number of hydrogen-bond acceptors (Lipinski definition) is 4. The fraction of sp³-hybridized carbons (Fsp3) is 0.381. The molecule has 2 heterocycles. The molecule has 0 spiro atoms. The number of rotatable bonds is 3. The highest BCUT2D eigenvalue weighted by atomic mass is 32.2. The number of morpholine rings is 2. The monoisotopic (exact) mass is 415 g/mol. The summed E-state index contributed by atoms with van der Waals surface area (Å²) in [5, 5.41) is 2.94. The molecule has 2 bridgehead atoms. The van der Waals surface area contributed by atoms with Gasteiger partial charge in [0.15, 0.2) is 0 Å². The van der Waals surface area contributed by atoms with E-state index in [1.807, 2.05) is 38.1 Å². The lowest BCUT2D eigenvalue weighted by Gasteiger charge is -2.45. The van der Waals surface area contributed by atoms with Gasteiger partial charge in [-0.05, 0) is 37.6 Å². The maximum atomic E-state index is 13.0. The van der Waals surface area contributed by atoms with Crippen molar-refractivity contribution in [2.75, 3.05) is 31.5 Å². The normalized spacial score (nSPS) is 22.3. The molecule has 2 saturated heterocycles. The summed E-state index contributed by atoms with van der Waals surface area (Å²) in [6.45, 7) is 5.05. The minimum absolute atomic E-state index is 0.188. The summed E-state index contributed by atoms with van der Waals surface area (Å²) >= 11 is 0. The second kappa shape index (κ2) is 7.78. The number of hydrogen-bond donors (Lipinski definition) is 1. The molecule has 8 heteroatoms. The number of fused-ring (bicyclic) bond motifs is 2. The molecule has 0 aliphatic carbocycles. The average Bonchev–Trinajstić information content (AvgIpc) is 2.69. The van der Waals surface area contributed by atoms with Crippen molar-refractivity contribution in [2.45, 2.75) is 31.0 Å². The molecular formula is C21H25N3O4S. The van der Waals surface area contributed by atoms with Gasteiger partial charge in [-0.15, -0.1) is 0 Å². The zero-order valence-corrected chi connectivity index (χ0v) is 17.4. The Labute approximate surface area is 171 Å². The minimum Gasteiger partial charge on any atom is -0.369 e. The summed E-state index contributed by atoms with van der Waals surface area (Å²) in [4.78, 5) is 14.7. The molecule has 2 aromatic rings. The zero-order chi connectivity index (χ0) is 20.6. The quantitative estimate of drug-likeness (QED) is 0.836. The Kier molecular flexibility index (Phi) is 5.33. The lowest BCUT2D eigenvalue weighted by Crippen LogP contribution is -2.61. The highest BCUT2D eigenvalue weighted by Gasteiger charge is 2.41. The van der Waals surface area contributed by atoms with E-state index in [1.54, 1.807) is 29.2 Å². The second-order valence-corrected chi connectivity index (χ2v) is 9.60. The van der Waals surface area contributed by atoms with Crippen LogP contribution in [0.1, 0.15) is 11.1 Å². The topological polar surface area (TPSA) is 79.0 Å². The van der Waals surface area contributed by atoms with Crippen molar-refractivity contribution in [2.24, 2.45) is 0 Å². The van der Waals surface area contributed by atoms with Crippen molar-refractivity contribution in [3.63, 3.8) is 0 Å². The first-order valence-corrected chi connectivity index (χ1v) is 11.1. The largest absolute Gasteiger partial charge is 0.369 e. The molecule has 2 fully saturated rings. The highest BCUT2D eigenvalue weighted by Crippen LogP contribution is 2.26. The van der Waals surface area contributed by atoms with Crippen LogP contribution in [0.3, 0.4) is 0 Å². The Balaban J connectivity index is 1.44. The first-order valence-electron chi connectivity index (χ1n) is 9.67. The molecule has 29 heavy (non-hydrogen) atoms. The number of sulfonamides is 1. The third kappa shape index (κ3) is 4.14. The van der Waals surface area contributed by atoms with Crippen LogP contribution in [0.5, 0.6) is 0 Å². The van der Waals surface area contributed by atoms with Crippen LogP contribution in [0, 0.1) is 13.8 Å². The van der Waals surface area contributed by atoms with Gasteiger partial charge in [0.1, 0.15) is 0 Å². The molecule has 1 N–H and O–H groups in total. The van der Waals surface area contributed by atoms with Gasteiger partial charge in [-0.25, -0.2) is 13.2 Å². The number of nitrogens with one attached hydrogen (secondary N) is 1. The number of carbonyl (C=O) groups is 1. The third-order valence-corrected chi connectivity index (χ3v) is 7.23. The summed E-state index contributed by atoms with van der Waals surface area (Å²) in [6.07, 6.45) is -0.685. The van der Waals surface area contributed by atoms with Crippen molar-refractivity contribution >= 4 is 21.7 Å². The first kappa shape index (κ1) is 19.9. The molecule has 2 unspecified atom stereocenters. The summed E-state index contributed by atoms with van der Waals surface area (Å²) in [6, 6.07) is 14.3. The summed E-state index contributed by atoms with van der Waals surface area (Å²) < 4.78 is 33.4. The lowest BCUT2D eigenvalue weighted by atomic mass is 10.1. The number of para-hydroxylation sites is 1. The number of nitrogens with zero attached hydrogens (tertiary/aromatic N) is 2. The van der Waals surface area contributed by atoms with Crippen molar-refractivity contribution in [1.29, 1.82) is 0 Å². The van der Waals surface area contributed by atoms with Crippen molar-refractivity contribution < 1.29 is 17.9 Å². The summed E-state index contributed by atoms with van der Waals surface area (Å²) in [5.41, 5.74) is 2.78. The van der Waals surface area contributed by atoms with Gasteiger partial charge >= 0.3 is 6.03 Å². The van der Waals surface area contributed by atoms with Gasteiger partial charge < -0.3 is 15.0 Å². The van der Waals surface area contributed by atoms with Gasteiger partial charge in [0.2, 0.25) is 10.0 Å². The molecule has 2 amide bonds. The average molecular weight is 416 g/mol. The fourth-order valence-corrected chi connectivity index (χ4v) is 5.29. The highest BCUT2D eigenvalue weighted by molar-refractivity contribution is 7.89. The van der Waals surface area contributed by atoms with E-state index in [2.05, 4.69) is 5.32 Å². The molecule has 2 aliphatic heterocycles. The maximum Gasteiger partial charge on any atom is 0.322 e. The Morgan fingerprint density at radius 2 is 1.59 bits per heavy atom. The zero-order valence-electron chi connectivity index (χ0n) is 16.5. The van der Waals surface area contributed by atoms with Crippen molar-refractivity contribution in [1.82, 2.24) is 9.21 Å². The summed E-state index contributed by atoms with van der Waals surface area (Å²) in [5.74, 6) is 0. The molecule has 0 saturated carbocycles. The van der Waals surface area contributed by atoms with E-state index in [0.717, 1.165) is 16.8 Å². The number of aryl methyl sites for hydroxylation is 2. The number of ether oxygens (including phenoxy) is 1. The number of amides is 2. The smallest absolute Gasteiger partial charge is 0.322 e. The standard InChI is InChI=1S/C21H25N3O4S/c1-15-7-9-19(10-8-15)29(26,27)24-13-17-11-23(12-18(14-24)28-17)21(25)22-20-6-4-3-5-16(20)2/h3-10,17-18H,11-14H2,1-2H3,(H,22,25). The van der Waals surface area contributed by atoms with Gasteiger partial charge in [0, 0.05) is 18.8 Å². The van der Waals surface area contributed by atoms with Crippen molar-refractivity contribution in [3.8, 4) is 0 Å². The molecule has 0 radical (unpaired) electrons. The van der Waals surface area contributed by atoms with Crippen LogP contribution < -0.4 is 5.32 Å². The van der Waals surface area contributed by atoms with Crippen molar-refractivity contribution in [3.05, 3.63) is 59.7 Å². The van der Waals surface area contributed by atoms with Gasteiger partial charge in [0.25, 0.3) is 0 Å². The molecular weight excluding hydrogens is 390 g/mol. The number of urea groups is 1. The first-order chi connectivity index (χ1) is 13.8.